The Morgan fingerprint density at radius 3 is 2.00 bits per heavy atom. The Hall–Kier alpha value is -2.98. The molecular formula is C20H26N2O7S. The summed E-state index contributed by atoms with van der Waals surface area (Å²) in [4.78, 5) is 12.2. The number of sulfonamides is 1. The first kappa shape index (κ1) is 23.3. The maximum atomic E-state index is 12.8. The van der Waals surface area contributed by atoms with E-state index in [0.29, 0.717) is 29.4 Å². The number of benzene rings is 2. The molecule has 2 aromatic carbocycles. The summed E-state index contributed by atoms with van der Waals surface area (Å²) in [5, 5.41) is 2.64. The average molecular weight is 439 g/mol. The molecule has 1 amide bonds. The quantitative estimate of drug-likeness (QED) is 0.583. The smallest absolute Gasteiger partial charge is 0.255 e. The molecule has 0 unspecified atom stereocenters. The molecule has 0 radical (unpaired) electrons. The minimum atomic E-state index is -3.91. The van der Waals surface area contributed by atoms with Crippen LogP contribution in [0, 0.1) is 0 Å². The molecule has 0 saturated carbocycles. The van der Waals surface area contributed by atoms with Gasteiger partial charge in [0.25, 0.3) is 5.91 Å². The van der Waals surface area contributed by atoms with Crippen molar-refractivity contribution in [2.75, 3.05) is 35.0 Å². The molecular weight excluding hydrogens is 412 g/mol. The number of hydrogen-bond acceptors (Lipinski definition) is 7. The lowest BCUT2D eigenvalue weighted by Gasteiger charge is -2.15. The second-order valence-corrected chi connectivity index (χ2v) is 7.85. The predicted molar refractivity (Wildman–Crippen MR) is 111 cm³/mol. The van der Waals surface area contributed by atoms with E-state index in [2.05, 4.69) is 10.0 Å². The number of carbonyl (C=O) groups is 1. The fourth-order valence-electron chi connectivity index (χ4n) is 2.79. The zero-order valence-electron chi connectivity index (χ0n) is 17.6. The van der Waals surface area contributed by atoms with Gasteiger partial charge in [-0.1, -0.05) is 0 Å². The Morgan fingerprint density at radius 1 is 0.900 bits per heavy atom. The van der Waals surface area contributed by atoms with Gasteiger partial charge in [0.05, 0.1) is 38.9 Å². The van der Waals surface area contributed by atoms with Crippen molar-refractivity contribution in [3.05, 3.63) is 41.5 Å². The lowest BCUT2D eigenvalue weighted by atomic mass is 10.2. The summed E-state index contributed by atoms with van der Waals surface area (Å²) in [5.41, 5.74) is 0.737. The topological polar surface area (TPSA) is 112 Å². The zero-order chi connectivity index (χ0) is 22.3. The average Bonchev–Trinajstić information content (AvgIpc) is 2.76. The zero-order valence-corrected chi connectivity index (χ0v) is 18.4. The van der Waals surface area contributed by atoms with Gasteiger partial charge in [0.15, 0.2) is 11.5 Å². The second-order valence-electron chi connectivity index (χ2n) is 6.08. The lowest BCUT2D eigenvalue weighted by Crippen LogP contribution is -2.26. The second kappa shape index (κ2) is 10.2. The van der Waals surface area contributed by atoms with E-state index >= 15 is 0 Å². The van der Waals surface area contributed by atoms with Gasteiger partial charge in [-0.15, -0.1) is 0 Å². The highest BCUT2D eigenvalue weighted by molar-refractivity contribution is 7.89. The van der Waals surface area contributed by atoms with E-state index in [1.165, 1.54) is 46.6 Å². The summed E-state index contributed by atoms with van der Waals surface area (Å²) < 4.78 is 49.1. The summed E-state index contributed by atoms with van der Waals surface area (Å²) in [6.07, 6.45) is 0. The molecule has 9 nitrogen and oxygen atoms in total. The highest BCUT2D eigenvalue weighted by Gasteiger charge is 2.20. The fourth-order valence-corrected chi connectivity index (χ4v) is 3.83. The Morgan fingerprint density at radius 2 is 1.50 bits per heavy atom. The van der Waals surface area contributed by atoms with Gasteiger partial charge in [-0.2, -0.15) is 0 Å². The molecule has 0 heterocycles. The van der Waals surface area contributed by atoms with Crippen LogP contribution < -0.4 is 29.0 Å². The monoisotopic (exact) mass is 438 g/mol. The third-order valence-corrected chi connectivity index (χ3v) is 5.65. The Labute approximate surface area is 176 Å². The highest BCUT2D eigenvalue weighted by Crippen LogP contribution is 2.38. The summed E-state index contributed by atoms with van der Waals surface area (Å²) >= 11 is 0. The molecule has 164 valence electrons. The predicted octanol–water partition coefficient (Wildman–Crippen LogP) is 1.95. The van der Waals surface area contributed by atoms with Crippen molar-refractivity contribution >= 4 is 15.9 Å². The Balaban J connectivity index is 2.31. The van der Waals surface area contributed by atoms with Crippen LogP contribution in [0.15, 0.2) is 35.2 Å². The van der Waals surface area contributed by atoms with Gasteiger partial charge in [-0.3, -0.25) is 4.79 Å². The van der Waals surface area contributed by atoms with Crippen LogP contribution in [0.25, 0.3) is 0 Å². The molecule has 0 aliphatic carbocycles. The number of ether oxygens (including phenoxy) is 4. The van der Waals surface area contributed by atoms with E-state index in [1.807, 2.05) is 0 Å². The fraction of sp³-hybridized carbons (Fsp3) is 0.350. The molecule has 0 aromatic heterocycles. The van der Waals surface area contributed by atoms with E-state index in [0.717, 1.165) is 0 Å². The minimum absolute atomic E-state index is 0.0262. The summed E-state index contributed by atoms with van der Waals surface area (Å²) in [6, 6.07) is 7.40. The van der Waals surface area contributed by atoms with E-state index in [4.69, 9.17) is 18.9 Å². The molecule has 0 atom stereocenters. The van der Waals surface area contributed by atoms with Crippen molar-refractivity contribution < 1.29 is 32.2 Å². The molecule has 2 aromatic rings. The van der Waals surface area contributed by atoms with Gasteiger partial charge in [0.1, 0.15) is 5.75 Å². The first-order valence-corrected chi connectivity index (χ1v) is 10.5. The van der Waals surface area contributed by atoms with Gasteiger partial charge < -0.3 is 24.3 Å². The molecule has 0 saturated heterocycles. The van der Waals surface area contributed by atoms with E-state index in [-0.39, 0.29) is 22.8 Å². The summed E-state index contributed by atoms with van der Waals surface area (Å²) in [6.45, 7) is 2.14. The van der Waals surface area contributed by atoms with Crippen LogP contribution in [-0.2, 0) is 16.6 Å². The SMILES string of the molecule is CCNC(=O)c1cc(S(=O)(=O)NCc2cc(OC)c(OC)c(OC)c2)ccc1OC. The molecule has 2 N–H and O–H groups in total. The molecule has 30 heavy (non-hydrogen) atoms. The van der Waals surface area contributed by atoms with Crippen molar-refractivity contribution in [2.24, 2.45) is 0 Å². The minimum Gasteiger partial charge on any atom is -0.496 e. The molecule has 10 heteroatoms. The third kappa shape index (κ3) is 5.14. The first-order chi connectivity index (χ1) is 14.3. The van der Waals surface area contributed by atoms with E-state index < -0.39 is 15.9 Å². The summed E-state index contributed by atoms with van der Waals surface area (Å²) in [7, 11) is 1.94. The number of nitrogens with one attached hydrogen (secondary N) is 2. The Kier molecular flexibility index (Phi) is 7.90. The largest absolute Gasteiger partial charge is 0.496 e. The van der Waals surface area contributed by atoms with Crippen molar-refractivity contribution in [3.8, 4) is 23.0 Å². The molecule has 0 bridgehead atoms. The number of methoxy groups -OCH3 is 4. The van der Waals surface area contributed by atoms with Crippen LogP contribution in [0.4, 0.5) is 0 Å². The standard InChI is InChI=1S/C20H26N2O7S/c1-6-21-20(23)15-11-14(7-8-16(15)26-2)30(24,25)22-12-13-9-17(27-3)19(29-5)18(10-13)28-4/h7-11,22H,6,12H2,1-5H3,(H,21,23). The van der Waals surface area contributed by atoms with E-state index in [9.17, 15) is 13.2 Å². The highest BCUT2D eigenvalue weighted by atomic mass is 32.2. The van der Waals surface area contributed by atoms with Crippen LogP contribution in [0.5, 0.6) is 23.0 Å². The van der Waals surface area contributed by atoms with E-state index in [1.54, 1.807) is 19.1 Å². The van der Waals surface area contributed by atoms with Gasteiger partial charge in [0, 0.05) is 13.1 Å². The number of carbonyl (C=O) groups excluding carboxylic acids is 1. The number of hydrogen-bond donors (Lipinski definition) is 2. The molecule has 0 fully saturated rings. The van der Waals surface area contributed by atoms with Crippen molar-refractivity contribution in [3.63, 3.8) is 0 Å². The van der Waals surface area contributed by atoms with Gasteiger partial charge in [0.2, 0.25) is 15.8 Å². The number of amides is 1. The van der Waals surface area contributed by atoms with Crippen molar-refractivity contribution in [2.45, 2.75) is 18.4 Å². The molecule has 0 spiro atoms. The lowest BCUT2D eigenvalue weighted by molar-refractivity contribution is 0.0952. The molecule has 0 aliphatic heterocycles. The molecule has 2 rings (SSSR count). The third-order valence-electron chi connectivity index (χ3n) is 4.25. The molecule has 0 aliphatic rings. The van der Waals surface area contributed by atoms with Gasteiger partial charge >= 0.3 is 0 Å². The van der Waals surface area contributed by atoms with Crippen LogP contribution in [0.1, 0.15) is 22.8 Å². The maximum absolute atomic E-state index is 12.8. The Bertz CT molecular complexity index is 981. The normalized spacial score (nSPS) is 11.0. The van der Waals surface area contributed by atoms with Crippen LogP contribution >= 0.6 is 0 Å². The van der Waals surface area contributed by atoms with Gasteiger partial charge in [-0.05, 0) is 42.8 Å². The van der Waals surface area contributed by atoms with Gasteiger partial charge in [-0.25, -0.2) is 13.1 Å². The van der Waals surface area contributed by atoms with Crippen LogP contribution in [0.3, 0.4) is 0 Å². The van der Waals surface area contributed by atoms with Crippen LogP contribution in [-0.4, -0.2) is 49.3 Å². The van der Waals surface area contributed by atoms with Crippen molar-refractivity contribution in [1.82, 2.24) is 10.0 Å². The maximum Gasteiger partial charge on any atom is 0.255 e. The van der Waals surface area contributed by atoms with Crippen molar-refractivity contribution in [1.29, 1.82) is 0 Å². The van der Waals surface area contributed by atoms with Crippen LogP contribution in [0.2, 0.25) is 0 Å². The first-order valence-electron chi connectivity index (χ1n) is 9.06. The summed E-state index contributed by atoms with van der Waals surface area (Å²) in [5.74, 6) is 1.09. The number of rotatable bonds is 10.